The molecule has 0 aliphatic rings. The lowest BCUT2D eigenvalue weighted by Gasteiger charge is -2.11. The number of nitro groups is 1. The molecule has 0 aromatic heterocycles. The predicted octanol–water partition coefficient (Wildman–Crippen LogP) is 2.11. The molecule has 0 bridgehead atoms. The lowest BCUT2D eigenvalue weighted by atomic mass is 10.1. The highest BCUT2D eigenvalue weighted by atomic mass is 16.6. The number of hydrogen-bond acceptors (Lipinski definition) is 5. The van der Waals surface area contributed by atoms with Crippen LogP contribution in [0, 0.1) is 10.1 Å². The molecular weight excluding hydrogens is 236 g/mol. The smallest absolute Gasteiger partial charge is 0.315 e. The van der Waals surface area contributed by atoms with E-state index in [4.69, 9.17) is 9.47 Å². The highest BCUT2D eigenvalue weighted by Gasteiger charge is 2.21. The van der Waals surface area contributed by atoms with Crippen LogP contribution in [0.15, 0.2) is 12.1 Å². The van der Waals surface area contributed by atoms with Crippen LogP contribution in [-0.4, -0.2) is 25.2 Å². The van der Waals surface area contributed by atoms with Crippen molar-refractivity contribution in [3.63, 3.8) is 0 Å². The molecule has 1 rings (SSSR count). The number of benzene rings is 1. The Balaban J connectivity index is 3.20. The fourth-order valence-electron chi connectivity index (χ4n) is 1.59. The predicted molar refractivity (Wildman–Crippen MR) is 68.2 cm³/mol. The van der Waals surface area contributed by atoms with Crippen LogP contribution in [0.25, 0.3) is 0 Å². The van der Waals surface area contributed by atoms with E-state index in [1.54, 1.807) is 13.0 Å². The Morgan fingerprint density at radius 3 is 2.61 bits per heavy atom. The quantitative estimate of drug-likeness (QED) is 0.596. The fourth-order valence-corrected chi connectivity index (χ4v) is 1.59. The SMILES string of the molecule is CCNCc1cc(OC)c(OCC)c([N+](=O)[O-])c1. The third kappa shape index (κ3) is 3.33. The van der Waals surface area contributed by atoms with Crippen molar-refractivity contribution >= 4 is 5.69 Å². The molecule has 1 N–H and O–H groups in total. The molecule has 0 saturated carbocycles. The summed E-state index contributed by atoms with van der Waals surface area (Å²) in [6.07, 6.45) is 0. The molecule has 1 aromatic carbocycles. The molecule has 100 valence electrons. The Bertz CT molecular complexity index is 421. The van der Waals surface area contributed by atoms with Gasteiger partial charge in [0.25, 0.3) is 0 Å². The van der Waals surface area contributed by atoms with Gasteiger partial charge in [-0.15, -0.1) is 0 Å². The first-order valence-electron chi connectivity index (χ1n) is 5.82. The van der Waals surface area contributed by atoms with Crippen molar-refractivity contribution in [2.75, 3.05) is 20.3 Å². The molecule has 6 nitrogen and oxygen atoms in total. The van der Waals surface area contributed by atoms with E-state index >= 15 is 0 Å². The average molecular weight is 254 g/mol. The van der Waals surface area contributed by atoms with Crippen LogP contribution in [0.4, 0.5) is 5.69 Å². The minimum Gasteiger partial charge on any atom is -0.493 e. The van der Waals surface area contributed by atoms with Crippen molar-refractivity contribution in [1.29, 1.82) is 0 Å². The summed E-state index contributed by atoms with van der Waals surface area (Å²) < 4.78 is 10.4. The summed E-state index contributed by atoms with van der Waals surface area (Å²) in [7, 11) is 1.47. The number of ether oxygens (including phenoxy) is 2. The van der Waals surface area contributed by atoms with Crippen LogP contribution >= 0.6 is 0 Å². The maximum absolute atomic E-state index is 11.0. The van der Waals surface area contributed by atoms with Gasteiger partial charge in [-0.1, -0.05) is 6.92 Å². The summed E-state index contributed by atoms with van der Waals surface area (Å²) in [5, 5.41) is 14.2. The molecule has 0 aliphatic heterocycles. The topological polar surface area (TPSA) is 73.6 Å². The third-order valence-corrected chi connectivity index (χ3v) is 2.38. The van der Waals surface area contributed by atoms with Crippen molar-refractivity contribution in [3.05, 3.63) is 27.8 Å². The molecule has 6 heteroatoms. The second-order valence-corrected chi connectivity index (χ2v) is 3.62. The van der Waals surface area contributed by atoms with E-state index < -0.39 is 4.92 Å². The van der Waals surface area contributed by atoms with Gasteiger partial charge < -0.3 is 14.8 Å². The Morgan fingerprint density at radius 2 is 2.11 bits per heavy atom. The van der Waals surface area contributed by atoms with Gasteiger partial charge >= 0.3 is 5.69 Å². The van der Waals surface area contributed by atoms with Gasteiger partial charge in [0.1, 0.15) is 0 Å². The molecule has 1 aromatic rings. The Hall–Kier alpha value is -1.82. The van der Waals surface area contributed by atoms with Gasteiger partial charge in [0.2, 0.25) is 5.75 Å². The van der Waals surface area contributed by atoms with Gasteiger partial charge in [-0.2, -0.15) is 0 Å². The Kier molecular flexibility index (Phi) is 5.38. The largest absolute Gasteiger partial charge is 0.493 e. The lowest BCUT2D eigenvalue weighted by molar-refractivity contribution is -0.386. The summed E-state index contributed by atoms with van der Waals surface area (Å²) in [6, 6.07) is 3.26. The van der Waals surface area contributed by atoms with Crippen LogP contribution < -0.4 is 14.8 Å². The highest BCUT2D eigenvalue weighted by Crippen LogP contribution is 2.38. The Labute approximate surface area is 106 Å². The summed E-state index contributed by atoms with van der Waals surface area (Å²) >= 11 is 0. The van der Waals surface area contributed by atoms with Crippen molar-refractivity contribution in [2.45, 2.75) is 20.4 Å². The monoisotopic (exact) mass is 254 g/mol. The minimum absolute atomic E-state index is 0.0656. The van der Waals surface area contributed by atoms with Crippen LogP contribution in [0.5, 0.6) is 11.5 Å². The second-order valence-electron chi connectivity index (χ2n) is 3.62. The molecule has 0 spiro atoms. The number of nitrogens with one attached hydrogen (secondary N) is 1. The van der Waals surface area contributed by atoms with E-state index in [1.807, 2.05) is 6.92 Å². The fraction of sp³-hybridized carbons (Fsp3) is 0.500. The number of rotatable bonds is 7. The summed E-state index contributed by atoms with van der Waals surface area (Å²) in [5.41, 5.74) is 0.730. The maximum atomic E-state index is 11.0. The van der Waals surface area contributed by atoms with Gasteiger partial charge in [0.05, 0.1) is 18.6 Å². The van der Waals surface area contributed by atoms with Crippen molar-refractivity contribution in [1.82, 2.24) is 5.32 Å². The number of nitro benzene ring substituents is 1. The van der Waals surface area contributed by atoms with E-state index in [2.05, 4.69) is 5.32 Å². The van der Waals surface area contributed by atoms with Gasteiger partial charge in [0, 0.05) is 12.6 Å². The van der Waals surface area contributed by atoms with Crippen LogP contribution in [-0.2, 0) is 6.54 Å². The summed E-state index contributed by atoms with van der Waals surface area (Å²) in [6.45, 7) is 5.45. The van der Waals surface area contributed by atoms with Crippen molar-refractivity contribution in [3.8, 4) is 11.5 Å². The molecule has 18 heavy (non-hydrogen) atoms. The summed E-state index contributed by atoms with van der Waals surface area (Å²) in [4.78, 5) is 10.6. The first kappa shape index (κ1) is 14.2. The standard InChI is InChI=1S/C12H18N2O4/c1-4-13-8-9-6-10(14(15)16)12(18-5-2)11(7-9)17-3/h6-7,13H,4-5,8H2,1-3H3. The number of hydrogen-bond donors (Lipinski definition) is 1. The normalized spacial score (nSPS) is 10.2. The van der Waals surface area contributed by atoms with Gasteiger partial charge in [0.15, 0.2) is 5.75 Å². The molecule has 0 amide bonds. The molecule has 0 saturated heterocycles. The zero-order valence-electron chi connectivity index (χ0n) is 10.9. The van der Waals surface area contributed by atoms with Crippen LogP contribution in [0.1, 0.15) is 19.4 Å². The highest BCUT2D eigenvalue weighted by molar-refractivity contribution is 5.58. The molecule has 0 atom stereocenters. The lowest BCUT2D eigenvalue weighted by Crippen LogP contribution is -2.12. The second kappa shape index (κ2) is 6.80. The summed E-state index contributed by atoms with van der Waals surface area (Å²) in [5.74, 6) is 0.573. The maximum Gasteiger partial charge on any atom is 0.315 e. The number of nitrogens with zero attached hydrogens (tertiary/aromatic N) is 1. The van der Waals surface area contributed by atoms with Gasteiger partial charge in [-0.05, 0) is 25.1 Å². The first-order chi connectivity index (χ1) is 8.63. The van der Waals surface area contributed by atoms with Crippen molar-refractivity contribution in [2.24, 2.45) is 0 Å². The van der Waals surface area contributed by atoms with E-state index in [-0.39, 0.29) is 11.4 Å². The average Bonchev–Trinajstić information content (AvgIpc) is 2.37. The van der Waals surface area contributed by atoms with Crippen LogP contribution in [0.2, 0.25) is 0 Å². The molecular formula is C12H18N2O4. The zero-order valence-corrected chi connectivity index (χ0v) is 10.9. The first-order valence-corrected chi connectivity index (χ1v) is 5.82. The molecule has 0 unspecified atom stereocenters. The molecule has 0 heterocycles. The van der Waals surface area contributed by atoms with Gasteiger partial charge in [-0.3, -0.25) is 10.1 Å². The van der Waals surface area contributed by atoms with E-state index in [0.717, 1.165) is 12.1 Å². The van der Waals surface area contributed by atoms with Gasteiger partial charge in [-0.25, -0.2) is 0 Å². The van der Waals surface area contributed by atoms with Crippen molar-refractivity contribution < 1.29 is 14.4 Å². The molecule has 0 aliphatic carbocycles. The van der Waals surface area contributed by atoms with E-state index in [1.165, 1.54) is 13.2 Å². The molecule has 0 fully saturated rings. The Morgan fingerprint density at radius 1 is 1.39 bits per heavy atom. The number of methoxy groups -OCH3 is 1. The van der Waals surface area contributed by atoms with Crippen LogP contribution in [0.3, 0.4) is 0 Å². The van der Waals surface area contributed by atoms with E-state index in [9.17, 15) is 10.1 Å². The molecule has 0 radical (unpaired) electrons. The van der Waals surface area contributed by atoms with E-state index in [0.29, 0.717) is 18.9 Å². The minimum atomic E-state index is -0.455. The third-order valence-electron chi connectivity index (χ3n) is 2.38. The zero-order chi connectivity index (χ0) is 13.5.